The molecule has 0 spiro atoms. The number of carbonyl (C=O) groups excluding carboxylic acids is 1. The van der Waals surface area contributed by atoms with Gasteiger partial charge in [0.15, 0.2) is 0 Å². The standard InChI is InChI=1S/C15H25N3O2/c1-13(2)12-20-10-6-9-17-15(19)18(3)11-14-7-4-5-8-16-14/h4-5,7-8,13H,6,9-12H2,1-3H3,(H,17,19). The molecule has 0 bridgehead atoms. The molecule has 5 nitrogen and oxygen atoms in total. The van der Waals surface area contributed by atoms with Gasteiger partial charge in [-0.25, -0.2) is 4.79 Å². The largest absolute Gasteiger partial charge is 0.381 e. The molecule has 5 heteroatoms. The van der Waals surface area contributed by atoms with Gasteiger partial charge in [0.2, 0.25) is 0 Å². The quantitative estimate of drug-likeness (QED) is 0.743. The Morgan fingerprint density at radius 2 is 2.25 bits per heavy atom. The Kier molecular flexibility index (Phi) is 7.65. The number of carbonyl (C=O) groups is 1. The molecule has 0 saturated carbocycles. The fraction of sp³-hybridized carbons (Fsp3) is 0.600. The Hall–Kier alpha value is -1.62. The summed E-state index contributed by atoms with van der Waals surface area (Å²) in [5.41, 5.74) is 0.880. The van der Waals surface area contributed by atoms with Crippen LogP contribution in [-0.2, 0) is 11.3 Å². The van der Waals surface area contributed by atoms with Gasteiger partial charge >= 0.3 is 6.03 Å². The Bertz CT molecular complexity index is 382. The van der Waals surface area contributed by atoms with Crippen LogP contribution in [0.4, 0.5) is 4.79 Å². The zero-order valence-electron chi connectivity index (χ0n) is 12.6. The Balaban J connectivity index is 2.13. The van der Waals surface area contributed by atoms with Gasteiger partial charge in [0.25, 0.3) is 0 Å². The van der Waals surface area contributed by atoms with E-state index in [0.29, 0.717) is 25.6 Å². The highest BCUT2D eigenvalue weighted by Gasteiger charge is 2.08. The first-order chi connectivity index (χ1) is 9.59. The summed E-state index contributed by atoms with van der Waals surface area (Å²) in [6.07, 6.45) is 2.56. The molecule has 112 valence electrons. The molecule has 0 aromatic carbocycles. The highest BCUT2D eigenvalue weighted by molar-refractivity contribution is 5.73. The van der Waals surface area contributed by atoms with E-state index in [0.717, 1.165) is 18.7 Å². The molecule has 0 atom stereocenters. The second-order valence-electron chi connectivity index (χ2n) is 5.23. The highest BCUT2D eigenvalue weighted by Crippen LogP contribution is 1.99. The number of hydrogen-bond acceptors (Lipinski definition) is 3. The van der Waals surface area contributed by atoms with Gasteiger partial charge in [-0.05, 0) is 24.5 Å². The van der Waals surface area contributed by atoms with Crippen molar-refractivity contribution in [3.05, 3.63) is 30.1 Å². The van der Waals surface area contributed by atoms with Crippen LogP contribution in [0.15, 0.2) is 24.4 Å². The van der Waals surface area contributed by atoms with Crippen molar-refractivity contribution in [1.82, 2.24) is 15.2 Å². The fourth-order valence-corrected chi connectivity index (χ4v) is 1.63. The lowest BCUT2D eigenvalue weighted by atomic mass is 10.2. The first kappa shape index (κ1) is 16.4. The number of hydrogen-bond donors (Lipinski definition) is 1. The van der Waals surface area contributed by atoms with Gasteiger partial charge in [-0.1, -0.05) is 19.9 Å². The first-order valence-corrected chi connectivity index (χ1v) is 7.06. The van der Waals surface area contributed by atoms with E-state index in [1.165, 1.54) is 0 Å². The molecular weight excluding hydrogens is 254 g/mol. The summed E-state index contributed by atoms with van der Waals surface area (Å²) in [6.45, 7) is 6.83. The monoisotopic (exact) mass is 279 g/mol. The zero-order chi connectivity index (χ0) is 14.8. The minimum Gasteiger partial charge on any atom is -0.381 e. The van der Waals surface area contributed by atoms with E-state index in [9.17, 15) is 4.79 Å². The maximum atomic E-state index is 11.8. The smallest absolute Gasteiger partial charge is 0.317 e. The van der Waals surface area contributed by atoms with Crippen LogP contribution < -0.4 is 5.32 Å². The van der Waals surface area contributed by atoms with Gasteiger partial charge in [0.1, 0.15) is 0 Å². The van der Waals surface area contributed by atoms with Crippen LogP contribution in [0.3, 0.4) is 0 Å². The average molecular weight is 279 g/mol. The third-order valence-corrected chi connectivity index (χ3v) is 2.66. The lowest BCUT2D eigenvalue weighted by Crippen LogP contribution is -2.37. The Morgan fingerprint density at radius 3 is 2.90 bits per heavy atom. The summed E-state index contributed by atoms with van der Waals surface area (Å²) in [6, 6.07) is 5.60. The van der Waals surface area contributed by atoms with Crippen molar-refractivity contribution in [2.24, 2.45) is 5.92 Å². The van der Waals surface area contributed by atoms with Crippen molar-refractivity contribution in [3.8, 4) is 0 Å². The zero-order valence-corrected chi connectivity index (χ0v) is 12.6. The van der Waals surface area contributed by atoms with Gasteiger partial charge in [-0.2, -0.15) is 0 Å². The summed E-state index contributed by atoms with van der Waals surface area (Å²) in [5, 5.41) is 2.87. The van der Waals surface area contributed by atoms with E-state index < -0.39 is 0 Å². The van der Waals surface area contributed by atoms with E-state index in [-0.39, 0.29) is 6.03 Å². The fourth-order valence-electron chi connectivity index (χ4n) is 1.63. The van der Waals surface area contributed by atoms with Gasteiger partial charge in [0, 0.05) is 33.0 Å². The average Bonchev–Trinajstić information content (AvgIpc) is 2.43. The number of nitrogens with zero attached hydrogens (tertiary/aromatic N) is 2. The van der Waals surface area contributed by atoms with E-state index >= 15 is 0 Å². The minimum atomic E-state index is -0.0838. The SMILES string of the molecule is CC(C)COCCCNC(=O)N(C)Cc1ccccn1. The van der Waals surface area contributed by atoms with Gasteiger partial charge < -0.3 is 15.0 Å². The summed E-state index contributed by atoms with van der Waals surface area (Å²) in [7, 11) is 1.76. The maximum Gasteiger partial charge on any atom is 0.317 e. The molecule has 1 N–H and O–H groups in total. The van der Waals surface area contributed by atoms with Crippen molar-refractivity contribution < 1.29 is 9.53 Å². The molecule has 0 aliphatic rings. The van der Waals surface area contributed by atoms with Gasteiger partial charge in [0.05, 0.1) is 12.2 Å². The molecule has 1 aromatic heterocycles. The van der Waals surface area contributed by atoms with Crippen LogP contribution in [0, 0.1) is 5.92 Å². The number of nitrogens with one attached hydrogen (secondary N) is 1. The second kappa shape index (κ2) is 9.31. The van der Waals surface area contributed by atoms with Crippen LogP contribution in [0.25, 0.3) is 0 Å². The number of amides is 2. The van der Waals surface area contributed by atoms with Crippen LogP contribution in [0.5, 0.6) is 0 Å². The molecule has 1 heterocycles. The molecule has 0 saturated heterocycles. The van der Waals surface area contributed by atoms with Gasteiger partial charge in [-0.3, -0.25) is 4.98 Å². The molecule has 0 aliphatic heterocycles. The molecule has 0 radical (unpaired) electrons. The maximum absolute atomic E-state index is 11.8. The molecule has 1 rings (SSSR count). The predicted molar refractivity (Wildman–Crippen MR) is 79.4 cm³/mol. The number of rotatable bonds is 8. The minimum absolute atomic E-state index is 0.0838. The number of urea groups is 1. The van der Waals surface area contributed by atoms with Crippen LogP contribution in [-0.4, -0.2) is 42.7 Å². The summed E-state index contributed by atoms with van der Waals surface area (Å²) in [5.74, 6) is 0.550. The summed E-state index contributed by atoms with van der Waals surface area (Å²) < 4.78 is 5.46. The van der Waals surface area contributed by atoms with Crippen molar-refractivity contribution in [2.45, 2.75) is 26.8 Å². The second-order valence-corrected chi connectivity index (χ2v) is 5.23. The molecule has 1 aromatic rings. The molecule has 0 aliphatic carbocycles. The molecular formula is C15H25N3O2. The number of ether oxygens (including phenoxy) is 1. The van der Waals surface area contributed by atoms with E-state index in [2.05, 4.69) is 24.1 Å². The molecule has 20 heavy (non-hydrogen) atoms. The lowest BCUT2D eigenvalue weighted by molar-refractivity contribution is 0.108. The molecule has 0 unspecified atom stereocenters. The van der Waals surface area contributed by atoms with Crippen molar-refractivity contribution in [1.29, 1.82) is 0 Å². The third kappa shape index (κ3) is 7.09. The molecule has 0 fully saturated rings. The summed E-state index contributed by atoms with van der Waals surface area (Å²) >= 11 is 0. The normalized spacial score (nSPS) is 10.6. The van der Waals surface area contributed by atoms with Gasteiger partial charge in [-0.15, -0.1) is 0 Å². The Morgan fingerprint density at radius 1 is 1.45 bits per heavy atom. The predicted octanol–water partition coefficient (Wildman–Crippen LogP) is 2.29. The topological polar surface area (TPSA) is 54.5 Å². The number of aromatic nitrogens is 1. The molecule has 2 amide bonds. The number of pyridine rings is 1. The summed E-state index contributed by atoms with van der Waals surface area (Å²) in [4.78, 5) is 17.7. The lowest BCUT2D eigenvalue weighted by Gasteiger charge is -2.17. The third-order valence-electron chi connectivity index (χ3n) is 2.66. The van der Waals surface area contributed by atoms with Crippen LogP contribution in [0.2, 0.25) is 0 Å². The Labute approximate surface area is 121 Å². The van der Waals surface area contributed by atoms with Crippen molar-refractivity contribution in [2.75, 3.05) is 26.8 Å². The van der Waals surface area contributed by atoms with E-state index in [4.69, 9.17) is 4.74 Å². The van der Waals surface area contributed by atoms with Crippen LogP contribution in [0.1, 0.15) is 26.0 Å². The highest BCUT2D eigenvalue weighted by atomic mass is 16.5. The van der Waals surface area contributed by atoms with Crippen LogP contribution >= 0.6 is 0 Å². The van der Waals surface area contributed by atoms with E-state index in [1.54, 1.807) is 18.1 Å². The first-order valence-electron chi connectivity index (χ1n) is 7.06. The van der Waals surface area contributed by atoms with Crippen molar-refractivity contribution >= 4 is 6.03 Å². The van der Waals surface area contributed by atoms with Crippen molar-refractivity contribution in [3.63, 3.8) is 0 Å². The van der Waals surface area contributed by atoms with E-state index in [1.807, 2.05) is 18.2 Å².